The number of carbonyl (C=O) groups is 2. The molecule has 2 amide bonds. The number of anilines is 1. The molecule has 0 spiro atoms. The van der Waals surface area contributed by atoms with Crippen LogP contribution >= 0.6 is 0 Å². The summed E-state index contributed by atoms with van der Waals surface area (Å²) in [5, 5.41) is 7.00. The summed E-state index contributed by atoms with van der Waals surface area (Å²) in [5.41, 5.74) is 1.79. The van der Waals surface area contributed by atoms with Crippen LogP contribution in [0.3, 0.4) is 0 Å². The maximum absolute atomic E-state index is 13.4. The van der Waals surface area contributed by atoms with Crippen molar-refractivity contribution >= 4 is 17.5 Å². The van der Waals surface area contributed by atoms with Crippen LogP contribution in [0.2, 0.25) is 0 Å². The number of amides is 2. The average molecular weight is 558 g/mol. The van der Waals surface area contributed by atoms with Crippen LogP contribution in [0.4, 0.5) is 10.1 Å². The highest BCUT2D eigenvalue weighted by Crippen LogP contribution is 2.30. The fraction of sp³-hybridized carbons (Fsp3) is 0.290. The van der Waals surface area contributed by atoms with Crippen molar-refractivity contribution < 1.29 is 23.5 Å². The molecule has 2 heterocycles. The van der Waals surface area contributed by atoms with Gasteiger partial charge in [-0.15, -0.1) is 0 Å². The molecule has 212 valence electrons. The number of hydrogen-bond acceptors (Lipinski definition) is 6. The van der Waals surface area contributed by atoms with Crippen LogP contribution < -0.4 is 14.8 Å². The second-order valence-corrected chi connectivity index (χ2v) is 10.1. The van der Waals surface area contributed by atoms with Crippen LogP contribution in [0.15, 0.2) is 85.5 Å². The van der Waals surface area contributed by atoms with E-state index in [1.165, 1.54) is 35.0 Å². The first kappa shape index (κ1) is 27.8. The number of likely N-dealkylation sites (tertiary alicyclic amines) is 1. The molecule has 0 aliphatic carbocycles. The van der Waals surface area contributed by atoms with Crippen molar-refractivity contribution in [3.05, 3.63) is 96.8 Å². The van der Waals surface area contributed by atoms with Crippen molar-refractivity contribution in [3.63, 3.8) is 0 Å². The third kappa shape index (κ3) is 7.47. The summed E-state index contributed by atoms with van der Waals surface area (Å²) in [4.78, 5) is 32.2. The Morgan fingerprint density at radius 2 is 1.78 bits per heavy atom. The van der Waals surface area contributed by atoms with Gasteiger partial charge in [0.2, 0.25) is 11.8 Å². The van der Waals surface area contributed by atoms with Gasteiger partial charge in [-0.25, -0.2) is 14.1 Å². The first-order chi connectivity index (χ1) is 20.0. The smallest absolute Gasteiger partial charge is 0.247 e. The predicted molar refractivity (Wildman–Crippen MR) is 151 cm³/mol. The van der Waals surface area contributed by atoms with Crippen molar-refractivity contribution in [2.24, 2.45) is 5.92 Å². The van der Waals surface area contributed by atoms with Gasteiger partial charge in [0.15, 0.2) is 0 Å². The van der Waals surface area contributed by atoms with E-state index < -0.39 is 6.04 Å². The normalized spacial score (nSPS) is 16.4. The molecule has 1 aliphatic rings. The lowest BCUT2D eigenvalue weighted by molar-refractivity contribution is -0.137. The number of aromatic nitrogens is 3. The van der Waals surface area contributed by atoms with Gasteiger partial charge in [0, 0.05) is 12.2 Å². The molecule has 10 heteroatoms. The SMILES string of the molecule is COc1cccc(CCCC2CC(C(=O)Nc3ccc(Oc4ccc(F)cc4)cc3)N(C(=O)Cn3cncn3)C2)c1. The summed E-state index contributed by atoms with van der Waals surface area (Å²) in [6.07, 6.45) is 6.18. The molecule has 1 aliphatic heterocycles. The molecule has 0 radical (unpaired) electrons. The van der Waals surface area contributed by atoms with Gasteiger partial charge in [-0.05, 0) is 97.8 Å². The lowest BCUT2D eigenvalue weighted by Gasteiger charge is -2.24. The van der Waals surface area contributed by atoms with E-state index in [0.29, 0.717) is 30.2 Å². The fourth-order valence-electron chi connectivity index (χ4n) is 5.09. The number of nitrogens with one attached hydrogen (secondary N) is 1. The molecule has 1 fully saturated rings. The Morgan fingerprint density at radius 1 is 1.02 bits per heavy atom. The maximum Gasteiger partial charge on any atom is 0.247 e. The number of halogens is 1. The van der Waals surface area contributed by atoms with Crippen LogP contribution in [0.1, 0.15) is 24.8 Å². The molecule has 9 nitrogen and oxygen atoms in total. The Morgan fingerprint density at radius 3 is 2.49 bits per heavy atom. The Labute approximate surface area is 237 Å². The summed E-state index contributed by atoms with van der Waals surface area (Å²) in [5.74, 6) is 1.34. The van der Waals surface area contributed by atoms with Gasteiger partial charge in [-0.2, -0.15) is 5.10 Å². The lowest BCUT2D eigenvalue weighted by atomic mass is 9.97. The van der Waals surface area contributed by atoms with Gasteiger partial charge in [0.25, 0.3) is 0 Å². The minimum Gasteiger partial charge on any atom is -0.497 e. The first-order valence-electron chi connectivity index (χ1n) is 13.6. The molecule has 41 heavy (non-hydrogen) atoms. The van der Waals surface area contributed by atoms with Crippen molar-refractivity contribution in [3.8, 4) is 17.2 Å². The molecule has 5 rings (SSSR count). The first-order valence-corrected chi connectivity index (χ1v) is 13.6. The van der Waals surface area contributed by atoms with Gasteiger partial charge < -0.3 is 19.7 Å². The third-order valence-electron chi connectivity index (χ3n) is 7.16. The van der Waals surface area contributed by atoms with Crippen LogP contribution in [0.5, 0.6) is 17.2 Å². The van der Waals surface area contributed by atoms with Crippen LogP contribution in [0.25, 0.3) is 0 Å². The van der Waals surface area contributed by atoms with Crippen LogP contribution in [0, 0.1) is 11.7 Å². The highest BCUT2D eigenvalue weighted by Gasteiger charge is 2.39. The number of carbonyl (C=O) groups excluding carboxylic acids is 2. The molecule has 0 saturated carbocycles. The zero-order chi connectivity index (χ0) is 28.6. The van der Waals surface area contributed by atoms with Gasteiger partial charge in [-0.1, -0.05) is 12.1 Å². The third-order valence-corrected chi connectivity index (χ3v) is 7.16. The zero-order valence-electron chi connectivity index (χ0n) is 22.8. The van der Waals surface area contributed by atoms with E-state index >= 15 is 0 Å². The molecule has 1 N–H and O–H groups in total. The maximum atomic E-state index is 13.4. The number of rotatable bonds is 11. The molecule has 0 bridgehead atoms. The highest BCUT2D eigenvalue weighted by atomic mass is 19.1. The number of nitrogens with zero attached hydrogens (tertiary/aromatic N) is 4. The minimum atomic E-state index is -0.594. The van der Waals surface area contributed by atoms with Crippen LogP contribution in [-0.2, 0) is 22.6 Å². The number of hydrogen-bond donors (Lipinski definition) is 1. The molecule has 2 atom stereocenters. The van der Waals surface area contributed by atoms with Crippen molar-refractivity contribution in [2.45, 2.75) is 38.3 Å². The molecule has 2 unspecified atom stereocenters. The van der Waals surface area contributed by atoms with E-state index in [1.54, 1.807) is 48.4 Å². The quantitative estimate of drug-likeness (QED) is 0.276. The fourth-order valence-corrected chi connectivity index (χ4v) is 5.09. The van der Waals surface area contributed by atoms with Gasteiger partial charge in [-0.3, -0.25) is 9.59 Å². The zero-order valence-corrected chi connectivity index (χ0v) is 22.8. The predicted octanol–water partition coefficient (Wildman–Crippen LogP) is 5.10. The Kier molecular flexibility index (Phi) is 8.88. The summed E-state index contributed by atoms with van der Waals surface area (Å²) >= 11 is 0. The van der Waals surface area contributed by atoms with Gasteiger partial charge in [0.05, 0.1) is 7.11 Å². The number of aryl methyl sites for hydroxylation is 1. The molecule has 1 saturated heterocycles. The Balaban J connectivity index is 1.21. The standard InChI is InChI=1S/C31H32FN5O4/c1-40-28-7-3-5-22(16-28)4-2-6-23-17-29(37(18-23)30(38)19-36-21-33-20-34-36)31(39)35-25-10-14-27(15-11-25)41-26-12-8-24(32)9-13-26/h3,5,7-16,20-21,23,29H,2,4,6,17-19H2,1H3,(H,35,39). The van der Waals surface area contributed by atoms with E-state index in [4.69, 9.17) is 9.47 Å². The highest BCUT2D eigenvalue weighted by molar-refractivity contribution is 5.97. The molecular formula is C31H32FN5O4. The number of ether oxygens (including phenoxy) is 2. The Hall–Kier alpha value is -4.73. The number of methoxy groups -OCH3 is 1. The van der Waals surface area contributed by atoms with E-state index in [1.807, 2.05) is 18.2 Å². The monoisotopic (exact) mass is 557 g/mol. The molecule has 3 aromatic carbocycles. The van der Waals surface area contributed by atoms with E-state index in [0.717, 1.165) is 25.0 Å². The van der Waals surface area contributed by atoms with Gasteiger partial charge in [0.1, 0.15) is 48.3 Å². The van der Waals surface area contributed by atoms with E-state index in [-0.39, 0.29) is 30.1 Å². The number of benzene rings is 3. The summed E-state index contributed by atoms with van der Waals surface area (Å²) in [7, 11) is 1.66. The minimum absolute atomic E-state index is 0.0235. The molecule has 4 aromatic rings. The topological polar surface area (TPSA) is 98.6 Å². The van der Waals surface area contributed by atoms with E-state index in [2.05, 4.69) is 21.5 Å². The lowest BCUT2D eigenvalue weighted by Crippen LogP contribution is -2.44. The average Bonchev–Trinajstić information content (AvgIpc) is 3.66. The Bertz CT molecular complexity index is 1440. The summed E-state index contributed by atoms with van der Waals surface area (Å²) < 4.78 is 25.7. The van der Waals surface area contributed by atoms with Crippen molar-refractivity contribution in [1.29, 1.82) is 0 Å². The summed E-state index contributed by atoms with van der Waals surface area (Å²) in [6.45, 7) is 0.532. The van der Waals surface area contributed by atoms with Gasteiger partial charge >= 0.3 is 0 Å². The molecule has 1 aromatic heterocycles. The second kappa shape index (κ2) is 13.1. The summed E-state index contributed by atoms with van der Waals surface area (Å²) in [6, 6.07) is 20.1. The van der Waals surface area contributed by atoms with Crippen molar-refractivity contribution in [2.75, 3.05) is 19.0 Å². The largest absolute Gasteiger partial charge is 0.497 e. The molecular weight excluding hydrogens is 525 g/mol. The van der Waals surface area contributed by atoms with E-state index in [9.17, 15) is 14.0 Å². The van der Waals surface area contributed by atoms with Crippen LogP contribution in [-0.4, -0.2) is 51.2 Å². The van der Waals surface area contributed by atoms with Crippen molar-refractivity contribution in [1.82, 2.24) is 19.7 Å². The second-order valence-electron chi connectivity index (χ2n) is 10.1.